The van der Waals surface area contributed by atoms with E-state index in [-0.39, 0.29) is 11.5 Å². The molecule has 0 radical (unpaired) electrons. The molecular weight excluding hydrogens is 354 g/mol. The maximum absolute atomic E-state index is 12.6. The molecule has 9 nitrogen and oxygen atoms in total. The van der Waals surface area contributed by atoms with Gasteiger partial charge in [0, 0.05) is 45.1 Å². The Bertz CT molecular complexity index is 782. The van der Waals surface area contributed by atoms with Gasteiger partial charge in [0.15, 0.2) is 5.82 Å². The molecule has 0 saturated carbocycles. The highest BCUT2D eigenvalue weighted by molar-refractivity contribution is 7.13. The van der Waals surface area contributed by atoms with Gasteiger partial charge < -0.3 is 9.47 Å². The quantitative estimate of drug-likeness (QED) is 0.783. The van der Waals surface area contributed by atoms with Gasteiger partial charge in [-0.1, -0.05) is 25.2 Å². The number of nitrogens with one attached hydrogen (secondary N) is 1. The second-order valence-corrected chi connectivity index (χ2v) is 7.49. The van der Waals surface area contributed by atoms with Gasteiger partial charge in [-0.3, -0.25) is 19.8 Å². The summed E-state index contributed by atoms with van der Waals surface area (Å²) < 4.78 is 1.72. The number of carbonyl (C=O) groups is 1. The Hall–Kier alpha value is -2.33. The first-order valence-corrected chi connectivity index (χ1v) is 9.49. The van der Waals surface area contributed by atoms with Gasteiger partial charge >= 0.3 is 0 Å². The molecule has 0 spiro atoms. The molecule has 10 heteroatoms. The fraction of sp³-hybridized carbons (Fsp3) is 0.562. The van der Waals surface area contributed by atoms with Crippen molar-refractivity contribution in [1.29, 1.82) is 0 Å². The monoisotopic (exact) mass is 377 g/mol. The van der Waals surface area contributed by atoms with Crippen LogP contribution < -0.4 is 15.8 Å². The Kier molecular flexibility index (Phi) is 5.94. The van der Waals surface area contributed by atoms with Crippen LogP contribution in [0.15, 0.2) is 22.7 Å². The number of piperazine rings is 1. The molecule has 0 bridgehead atoms. The minimum Gasteiger partial charge on any atom is -0.349 e. The van der Waals surface area contributed by atoms with Crippen molar-refractivity contribution in [3.8, 4) is 0 Å². The van der Waals surface area contributed by atoms with Crippen LogP contribution in [-0.2, 0) is 11.3 Å². The van der Waals surface area contributed by atoms with Crippen molar-refractivity contribution in [2.24, 2.45) is 5.92 Å². The maximum atomic E-state index is 12.6. The van der Waals surface area contributed by atoms with E-state index in [2.05, 4.69) is 39.2 Å². The summed E-state index contributed by atoms with van der Waals surface area (Å²) >= 11 is 1.29. The SMILES string of the molecule is CC(C)Cn1ccnc(N2CCN(CC(=O)Nc3nncs3)CC2)c1=O. The summed E-state index contributed by atoms with van der Waals surface area (Å²) in [6, 6.07) is 0. The highest BCUT2D eigenvalue weighted by Gasteiger charge is 2.22. The molecule has 1 aliphatic rings. The fourth-order valence-corrected chi connectivity index (χ4v) is 3.36. The van der Waals surface area contributed by atoms with Crippen molar-refractivity contribution in [2.45, 2.75) is 20.4 Å². The van der Waals surface area contributed by atoms with E-state index in [4.69, 9.17) is 0 Å². The fourth-order valence-electron chi connectivity index (χ4n) is 2.90. The minimum absolute atomic E-state index is 0.0522. The van der Waals surface area contributed by atoms with E-state index < -0.39 is 0 Å². The molecular formula is C16H23N7O2S. The van der Waals surface area contributed by atoms with Crippen molar-refractivity contribution in [3.63, 3.8) is 0 Å². The third kappa shape index (κ3) is 4.64. The summed E-state index contributed by atoms with van der Waals surface area (Å²) in [7, 11) is 0. The van der Waals surface area contributed by atoms with Crippen molar-refractivity contribution in [1.82, 2.24) is 24.6 Å². The molecule has 0 atom stereocenters. The van der Waals surface area contributed by atoms with E-state index >= 15 is 0 Å². The highest BCUT2D eigenvalue weighted by Crippen LogP contribution is 2.11. The molecule has 1 fully saturated rings. The van der Waals surface area contributed by atoms with E-state index in [0.717, 1.165) is 0 Å². The number of rotatable bonds is 6. The molecule has 26 heavy (non-hydrogen) atoms. The van der Waals surface area contributed by atoms with E-state index in [9.17, 15) is 9.59 Å². The molecule has 1 aliphatic heterocycles. The van der Waals surface area contributed by atoms with Gasteiger partial charge in [-0.15, -0.1) is 10.2 Å². The Balaban J connectivity index is 1.55. The molecule has 0 unspecified atom stereocenters. The third-order valence-corrected chi connectivity index (χ3v) is 4.71. The lowest BCUT2D eigenvalue weighted by Gasteiger charge is -2.34. The van der Waals surface area contributed by atoms with Crippen molar-refractivity contribution in [3.05, 3.63) is 28.3 Å². The largest absolute Gasteiger partial charge is 0.349 e. The second-order valence-electron chi connectivity index (χ2n) is 6.66. The number of anilines is 2. The number of aromatic nitrogens is 4. The van der Waals surface area contributed by atoms with Crippen LogP contribution in [0.1, 0.15) is 13.8 Å². The van der Waals surface area contributed by atoms with E-state index in [1.165, 1.54) is 11.3 Å². The van der Waals surface area contributed by atoms with Crippen LogP contribution in [0.3, 0.4) is 0 Å². The molecule has 1 N–H and O–H groups in total. The summed E-state index contributed by atoms with van der Waals surface area (Å²) in [5, 5.41) is 10.7. The van der Waals surface area contributed by atoms with Gasteiger partial charge in [0.05, 0.1) is 6.54 Å². The molecule has 3 heterocycles. The van der Waals surface area contributed by atoms with Crippen molar-refractivity contribution >= 4 is 28.2 Å². The van der Waals surface area contributed by atoms with Gasteiger partial charge in [0.1, 0.15) is 5.51 Å². The zero-order valence-electron chi connectivity index (χ0n) is 15.0. The van der Waals surface area contributed by atoms with Gasteiger partial charge in [-0.2, -0.15) is 0 Å². The normalized spacial score (nSPS) is 15.4. The molecule has 140 valence electrons. The first kappa shape index (κ1) is 18.5. The van der Waals surface area contributed by atoms with E-state index in [1.54, 1.807) is 22.5 Å². The first-order valence-electron chi connectivity index (χ1n) is 8.61. The first-order chi connectivity index (χ1) is 12.5. The van der Waals surface area contributed by atoms with Gasteiger partial charge in [0.2, 0.25) is 11.0 Å². The summed E-state index contributed by atoms with van der Waals surface area (Å²) in [6.07, 6.45) is 3.42. The smallest absolute Gasteiger partial charge is 0.293 e. The zero-order chi connectivity index (χ0) is 18.5. The number of hydrogen-bond acceptors (Lipinski definition) is 8. The molecule has 0 aliphatic carbocycles. The van der Waals surface area contributed by atoms with Crippen LogP contribution in [-0.4, -0.2) is 63.3 Å². The van der Waals surface area contributed by atoms with E-state index in [0.29, 0.717) is 56.1 Å². The summed E-state index contributed by atoms with van der Waals surface area (Å²) in [5.74, 6) is 0.782. The van der Waals surface area contributed by atoms with Crippen molar-refractivity contribution in [2.75, 3.05) is 42.9 Å². The zero-order valence-corrected chi connectivity index (χ0v) is 15.8. The van der Waals surface area contributed by atoms with Crippen LogP contribution in [0.4, 0.5) is 10.9 Å². The van der Waals surface area contributed by atoms with Crippen LogP contribution in [0.5, 0.6) is 0 Å². The van der Waals surface area contributed by atoms with Crippen LogP contribution in [0, 0.1) is 5.92 Å². The number of nitrogens with zero attached hydrogens (tertiary/aromatic N) is 6. The van der Waals surface area contributed by atoms with Crippen molar-refractivity contribution < 1.29 is 4.79 Å². The summed E-state index contributed by atoms with van der Waals surface area (Å²) in [6.45, 7) is 7.87. The Morgan fingerprint density at radius 2 is 2.08 bits per heavy atom. The van der Waals surface area contributed by atoms with Crippen LogP contribution in [0.25, 0.3) is 0 Å². The predicted octanol–water partition coefficient (Wildman–Crippen LogP) is 0.512. The lowest BCUT2D eigenvalue weighted by Crippen LogP contribution is -2.50. The van der Waals surface area contributed by atoms with Crippen LogP contribution >= 0.6 is 11.3 Å². The molecule has 0 aromatic carbocycles. The average molecular weight is 377 g/mol. The van der Waals surface area contributed by atoms with Gasteiger partial charge in [-0.05, 0) is 5.92 Å². The number of amides is 1. The molecule has 1 saturated heterocycles. The lowest BCUT2D eigenvalue weighted by atomic mass is 10.2. The topological polar surface area (TPSA) is 96.2 Å². The Labute approximate surface area is 155 Å². The van der Waals surface area contributed by atoms with Gasteiger partial charge in [0.25, 0.3) is 5.56 Å². The molecule has 1 amide bonds. The Morgan fingerprint density at radius 1 is 1.31 bits per heavy atom. The average Bonchev–Trinajstić information content (AvgIpc) is 3.10. The predicted molar refractivity (Wildman–Crippen MR) is 101 cm³/mol. The highest BCUT2D eigenvalue weighted by atomic mass is 32.1. The Morgan fingerprint density at radius 3 is 2.73 bits per heavy atom. The summed E-state index contributed by atoms with van der Waals surface area (Å²) in [5.41, 5.74) is 1.52. The van der Waals surface area contributed by atoms with Gasteiger partial charge in [-0.25, -0.2) is 4.98 Å². The molecule has 2 aromatic rings. The minimum atomic E-state index is -0.104. The molecule has 3 rings (SSSR count). The standard InChI is InChI=1S/C16H23N7O2S/c1-12(2)9-23-4-3-17-14(15(23)25)22-7-5-21(6-8-22)10-13(24)19-16-20-18-11-26-16/h3-4,11-12H,5-10H2,1-2H3,(H,19,20,24). The number of hydrogen-bond donors (Lipinski definition) is 1. The maximum Gasteiger partial charge on any atom is 0.293 e. The molecule has 2 aromatic heterocycles. The second kappa shape index (κ2) is 8.37. The lowest BCUT2D eigenvalue weighted by molar-refractivity contribution is -0.117. The van der Waals surface area contributed by atoms with Crippen LogP contribution in [0.2, 0.25) is 0 Å². The summed E-state index contributed by atoms with van der Waals surface area (Å²) in [4.78, 5) is 33.0. The third-order valence-electron chi connectivity index (χ3n) is 4.10. The number of carbonyl (C=O) groups excluding carboxylic acids is 1. The van der Waals surface area contributed by atoms with E-state index in [1.807, 2.05) is 4.90 Å².